The number of aliphatic carboxylic acids is 1. The second-order valence-electron chi connectivity index (χ2n) is 6.22. The quantitative estimate of drug-likeness (QED) is 0.686. The van der Waals surface area contributed by atoms with Gasteiger partial charge in [-0.3, -0.25) is 0 Å². The Balaban J connectivity index is 0.000000396. The summed E-state index contributed by atoms with van der Waals surface area (Å²) in [5, 5.41) is 10.7. The average Bonchev–Trinajstić information content (AvgIpc) is 2.67. The molecule has 30 heavy (non-hydrogen) atoms. The van der Waals surface area contributed by atoms with Crippen LogP contribution in [0.1, 0.15) is 24.2 Å². The molecule has 0 unspecified atom stereocenters. The smallest absolute Gasteiger partial charge is 0.475 e. The fraction of sp³-hybridized carbons (Fsp3) is 0.389. The number of ether oxygens (including phenoxy) is 1. The molecule has 0 aliphatic carbocycles. The van der Waals surface area contributed by atoms with E-state index in [-0.39, 0.29) is 18.4 Å². The fourth-order valence-corrected chi connectivity index (χ4v) is 2.62. The van der Waals surface area contributed by atoms with Crippen LogP contribution < -0.4 is 10.1 Å². The van der Waals surface area contributed by atoms with Crippen molar-refractivity contribution in [2.45, 2.75) is 31.5 Å². The molecule has 12 heteroatoms. The van der Waals surface area contributed by atoms with E-state index >= 15 is 0 Å². The van der Waals surface area contributed by atoms with Crippen molar-refractivity contribution in [3.05, 3.63) is 52.4 Å². The van der Waals surface area contributed by atoms with Crippen LogP contribution >= 0.6 is 11.6 Å². The summed E-state index contributed by atoms with van der Waals surface area (Å²) < 4.78 is 65.0. The molecule has 1 aliphatic rings. The van der Waals surface area contributed by atoms with E-state index in [0.29, 0.717) is 16.4 Å². The van der Waals surface area contributed by atoms with Crippen molar-refractivity contribution in [1.29, 1.82) is 0 Å². The summed E-state index contributed by atoms with van der Waals surface area (Å²) in [6.07, 6.45) is -2.35. The van der Waals surface area contributed by atoms with Gasteiger partial charge in [-0.1, -0.05) is 17.7 Å². The molecule has 2 heterocycles. The second-order valence-corrected chi connectivity index (χ2v) is 6.66. The molecule has 6 nitrogen and oxygen atoms in total. The highest BCUT2D eigenvalue weighted by atomic mass is 35.5. The number of hydrogen-bond donors (Lipinski definition) is 2. The zero-order valence-corrected chi connectivity index (χ0v) is 16.1. The molecule has 0 saturated carbocycles. The molecule has 0 atom stereocenters. The van der Waals surface area contributed by atoms with Crippen molar-refractivity contribution in [1.82, 2.24) is 15.3 Å². The Morgan fingerprint density at radius 1 is 1.23 bits per heavy atom. The van der Waals surface area contributed by atoms with Gasteiger partial charge in [0.1, 0.15) is 17.7 Å². The lowest BCUT2D eigenvalue weighted by atomic mass is 10.1. The Kier molecular flexibility index (Phi) is 8.30. The summed E-state index contributed by atoms with van der Waals surface area (Å²) in [5.74, 6) is -3.57. The van der Waals surface area contributed by atoms with Crippen LogP contribution in [0.15, 0.2) is 24.4 Å². The van der Waals surface area contributed by atoms with Crippen LogP contribution in [0.3, 0.4) is 0 Å². The number of halogens is 6. The maximum Gasteiger partial charge on any atom is 0.490 e. The first-order valence-electron chi connectivity index (χ1n) is 8.69. The highest BCUT2D eigenvalue weighted by Crippen LogP contribution is 2.21. The van der Waals surface area contributed by atoms with Crippen LogP contribution in [0, 0.1) is 11.6 Å². The summed E-state index contributed by atoms with van der Waals surface area (Å²) in [6.45, 7) is 1.67. The first kappa shape index (κ1) is 23.7. The highest BCUT2D eigenvalue weighted by molar-refractivity contribution is 6.30. The summed E-state index contributed by atoms with van der Waals surface area (Å²) in [4.78, 5) is 16.9. The average molecular weight is 454 g/mol. The van der Waals surface area contributed by atoms with Gasteiger partial charge in [-0.15, -0.1) is 0 Å². The van der Waals surface area contributed by atoms with E-state index in [4.69, 9.17) is 26.2 Å². The molecule has 0 amide bonds. The normalized spacial score (nSPS) is 14.6. The van der Waals surface area contributed by atoms with E-state index in [9.17, 15) is 22.0 Å². The van der Waals surface area contributed by atoms with E-state index in [1.165, 1.54) is 6.07 Å². The molecule has 1 aromatic carbocycles. The number of carboxylic acid groups (broad SMARTS) is 1. The lowest BCUT2D eigenvalue weighted by Crippen LogP contribution is -2.34. The van der Waals surface area contributed by atoms with Gasteiger partial charge < -0.3 is 15.2 Å². The van der Waals surface area contributed by atoms with E-state index < -0.39 is 23.8 Å². The summed E-state index contributed by atoms with van der Waals surface area (Å²) in [6, 6.07) is 4.39. The van der Waals surface area contributed by atoms with Gasteiger partial charge in [-0.05, 0) is 43.6 Å². The summed E-state index contributed by atoms with van der Waals surface area (Å²) >= 11 is 5.73. The van der Waals surface area contributed by atoms with Crippen LogP contribution in [-0.2, 0) is 11.2 Å². The molecule has 164 valence electrons. The minimum atomic E-state index is -5.08. The third-order valence-electron chi connectivity index (χ3n) is 3.93. The van der Waals surface area contributed by atoms with Gasteiger partial charge in [-0.2, -0.15) is 22.5 Å². The Bertz CT molecular complexity index is 877. The SMILES string of the molecule is Fc1cc(Cl)ccc1Cc1ncc(F)c(OC2CCNCC2)n1.O=C(O)C(F)(F)F. The first-order chi connectivity index (χ1) is 14.1. The van der Waals surface area contributed by atoms with Gasteiger partial charge in [0, 0.05) is 11.4 Å². The molecule has 0 bridgehead atoms. The van der Waals surface area contributed by atoms with Crippen molar-refractivity contribution >= 4 is 17.6 Å². The largest absolute Gasteiger partial charge is 0.490 e. The maximum absolute atomic E-state index is 13.8. The summed E-state index contributed by atoms with van der Waals surface area (Å²) in [5.41, 5.74) is 0.397. The lowest BCUT2D eigenvalue weighted by Gasteiger charge is -2.23. The van der Waals surface area contributed by atoms with Crippen molar-refractivity contribution in [3.63, 3.8) is 0 Å². The molecule has 1 saturated heterocycles. The molecule has 2 N–H and O–H groups in total. The van der Waals surface area contributed by atoms with Gasteiger partial charge in [-0.25, -0.2) is 14.2 Å². The number of carboxylic acids is 1. The topological polar surface area (TPSA) is 84.3 Å². The predicted octanol–water partition coefficient (Wildman–Crippen LogP) is 3.76. The molecule has 0 spiro atoms. The number of piperidine rings is 1. The Hall–Kier alpha value is -2.53. The standard InChI is InChI=1S/C16H16ClF2N3O.C2HF3O2/c17-11-2-1-10(13(18)8-11)7-15-21-9-14(19)16(22-15)23-12-3-5-20-6-4-12;3-2(4,5)1(6)7/h1-2,8-9,12,20H,3-7H2;(H,6,7). The number of rotatable bonds is 4. The third-order valence-corrected chi connectivity index (χ3v) is 4.17. The number of carbonyl (C=O) groups is 1. The van der Waals surface area contributed by atoms with E-state index in [1.807, 2.05) is 0 Å². The van der Waals surface area contributed by atoms with E-state index in [0.717, 1.165) is 32.1 Å². The number of aromatic nitrogens is 2. The lowest BCUT2D eigenvalue weighted by molar-refractivity contribution is -0.192. The molecular weight excluding hydrogens is 437 g/mol. The van der Waals surface area contributed by atoms with Gasteiger partial charge in [0.2, 0.25) is 5.82 Å². The summed E-state index contributed by atoms with van der Waals surface area (Å²) in [7, 11) is 0. The Morgan fingerprint density at radius 2 is 1.87 bits per heavy atom. The fourth-order valence-electron chi connectivity index (χ4n) is 2.46. The van der Waals surface area contributed by atoms with Gasteiger partial charge in [0.25, 0.3) is 5.88 Å². The molecule has 3 rings (SSSR count). The number of benzene rings is 1. The minimum absolute atomic E-state index is 0.0687. The zero-order chi connectivity index (χ0) is 22.3. The molecule has 2 aromatic rings. The van der Waals surface area contributed by atoms with E-state index in [2.05, 4.69) is 15.3 Å². The second kappa shape index (κ2) is 10.5. The predicted molar refractivity (Wildman–Crippen MR) is 96.4 cm³/mol. The molecule has 0 radical (unpaired) electrons. The Morgan fingerprint density at radius 3 is 2.43 bits per heavy atom. The zero-order valence-electron chi connectivity index (χ0n) is 15.3. The number of nitrogens with zero attached hydrogens (tertiary/aromatic N) is 2. The number of alkyl halides is 3. The van der Waals surface area contributed by atoms with Crippen molar-refractivity contribution in [2.24, 2.45) is 0 Å². The van der Waals surface area contributed by atoms with Crippen molar-refractivity contribution in [2.75, 3.05) is 13.1 Å². The number of nitrogens with one attached hydrogen (secondary N) is 1. The van der Waals surface area contributed by atoms with Crippen LogP contribution in [0.5, 0.6) is 5.88 Å². The third kappa shape index (κ3) is 7.38. The molecule has 1 fully saturated rings. The van der Waals surface area contributed by atoms with Crippen LogP contribution in [-0.4, -0.2) is 46.4 Å². The minimum Gasteiger partial charge on any atom is -0.475 e. The van der Waals surface area contributed by atoms with Crippen LogP contribution in [0.2, 0.25) is 5.02 Å². The Labute approximate surface area is 173 Å². The van der Waals surface area contributed by atoms with Crippen molar-refractivity contribution in [3.8, 4) is 5.88 Å². The van der Waals surface area contributed by atoms with E-state index in [1.54, 1.807) is 12.1 Å². The highest BCUT2D eigenvalue weighted by Gasteiger charge is 2.38. The molecule has 1 aliphatic heterocycles. The van der Waals surface area contributed by atoms with Crippen LogP contribution in [0.4, 0.5) is 22.0 Å². The number of hydrogen-bond acceptors (Lipinski definition) is 5. The maximum atomic E-state index is 13.8. The monoisotopic (exact) mass is 453 g/mol. The van der Waals surface area contributed by atoms with Crippen molar-refractivity contribution < 1.29 is 36.6 Å². The van der Waals surface area contributed by atoms with Gasteiger partial charge in [0.15, 0.2) is 0 Å². The van der Waals surface area contributed by atoms with Crippen LogP contribution in [0.25, 0.3) is 0 Å². The van der Waals surface area contributed by atoms with Gasteiger partial charge >= 0.3 is 12.1 Å². The molecular formula is C18H17ClF5N3O3. The molecule has 1 aromatic heterocycles. The first-order valence-corrected chi connectivity index (χ1v) is 9.07. The van der Waals surface area contributed by atoms with Gasteiger partial charge in [0.05, 0.1) is 6.20 Å².